The van der Waals surface area contributed by atoms with Crippen LogP contribution in [0.5, 0.6) is 0 Å². The maximum Gasteiger partial charge on any atom is 2.00 e. The first-order valence-corrected chi connectivity index (χ1v) is 43.0. The molecule has 0 saturated carbocycles. The Labute approximate surface area is 881 Å². The van der Waals surface area contributed by atoms with E-state index in [2.05, 4.69) is 86.6 Å². The van der Waals surface area contributed by atoms with Gasteiger partial charge in [0.1, 0.15) is 94.9 Å². The minimum atomic E-state index is -0.410. The van der Waals surface area contributed by atoms with Crippen LogP contribution in [0.25, 0.3) is 0 Å². The Bertz CT molecular complexity index is 2870. The van der Waals surface area contributed by atoms with Gasteiger partial charge in [0.25, 0.3) is 0 Å². The maximum absolute atomic E-state index is 11.1. The van der Waals surface area contributed by atoms with Gasteiger partial charge in [0, 0.05) is 153 Å². The van der Waals surface area contributed by atoms with E-state index in [4.69, 9.17) is 37.9 Å². The zero-order valence-corrected chi connectivity index (χ0v) is 97.7. The molecule has 24 nitrogen and oxygen atoms in total. The van der Waals surface area contributed by atoms with Crippen molar-refractivity contribution in [3.63, 3.8) is 0 Å². The largest absolute Gasteiger partial charge is 2.00 e. The van der Waals surface area contributed by atoms with Gasteiger partial charge in [-0.15, -0.1) is 25.8 Å². The van der Waals surface area contributed by atoms with E-state index in [9.17, 15) is 79.2 Å². The van der Waals surface area contributed by atoms with E-state index in [1.807, 2.05) is 12.2 Å². The molecule has 4 aliphatic carbocycles. The van der Waals surface area contributed by atoms with Gasteiger partial charge in [-0.05, 0) is 125 Å². The first-order valence-electron chi connectivity index (χ1n) is 43.0. The number of allylic oxidation sites excluding steroid dienone is 21. The first kappa shape index (κ1) is 175. The second-order valence-corrected chi connectivity index (χ2v) is 31.8. The number of carbonyl (C=O) groups excluding carboxylic acids is 8. The molecule has 0 aromatic rings. The molecule has 0 amide bonds. The number of ketones is 8. The molecule has 4 aliphatic rings. The van der Waals surface area contributed by atoms with Gasteiger partial charge < -0.3 is 137 Å². The predicted molar refractivity (Wildman–Crippen MR) is 553 cm³/mol. The molecule has 0 saturated heterocycles. The van der Waals surface area contributed by atoms with Crippen LogP contribution in [0, 0.1) is 123 Å². The first-order chi connectivity index (χ1) is 58.2. The Hall–Kier alpha value is -6.23. The predicted octanol–water partition coefficient (Wildman–Crippen LogP) is 25.5. The van der Waals surface area contributed by atoms with Gasteiger partial charge in [-0.25, -0.2) is 0 Å². The van der Waals surface area contributed by atoms with Crippen LogP contribution in [0.1, 0.15) is 230 Å². The summed E-state index contributed by atoms with van der Waals surface area (Å²) < 4.78 is 38.6. The van der Waals surface area contributed by atoms with E-state index < -0.39 is 48.8 Å². The average Bonchev–Trinajstić information content (AvgIpc) is 1.73. The molecule has 0 aromatic carbocycles. The second kappa shape index (κ2) is 111. The molecule has 0 fully saturated rings. The van der Waals surface area contributed by atoms with Crippen molar-refractivity contribution in [2.45, 2.75) is 279 Å². The molecule has 2 bridgehead atoms. The average molecular weight is 2280 g/mol. The van der Waals surface area contributed by atoms with Crippen molar-refractivity contribution in [1.82, 2.24) is 0 Å². The minimum absolute atomic E-state index is 0. The van der Waals surface area contributed by atoms with E-state index in [1.54, 1.807) is 166 Å². The zero-order valence-electron chi connectivity index (χ0n) is 90.7. The van der Waals surface area contributed by atoms with E-state index in [1.165, 1.54) is 157 Å². The fourth-order valence-corrected chi connectivity index (χ4v) is 7.75. The summed E-state index contributed by atoms with van der Waals surface area (Å²) in [6.07, 6.45) is 47.9. The molecule has 798 valence electrons. The number of hydrogen-bond acceptors (Lipinski definition) is 24. The van der Waals surface area contributed by atoms with Gasteiger partial charge in [-0.1, -0.05) is 178 Å². The Morgan fingerprint density at radius 3 is 0.544 bits per heavy atom. The van der Waals surface area contributed by atoms with Gasteiger partial charge in [-0.2, -0.15) is 5.92 Å². The summed E-state index contributed by atoms with van der Waals surface area (Å²) in [5, 5.41) is 74.0. The van der Waals surface area contributed by atoms with E-state index in [0.717, 1.165) is 24.7 Å². The van der Waals surface area contributed by atoms with E-state index in [0.29, 0.717) is 5.92 Å². The van der Waals surface area contributed by atoms with Crippen LogP contribution in [0.2, 0.25) is 0 Å². The molecule has 0 spiro atoms. The van der Waals surface area contributed by atoms with E-state index in [-0.39, 0.29) is 270 Å². The second-order valence-electron chi connectivity index (χ2n) is 31.8. The van der Waals surface area contributed by atoms with Crippen LogP contribution in [0.4, 0.5) is 0 Å². The van der Waals surface area contributed by atoms with Crippen molar-refractivity contribution in [2.75, 3.05) is 56.9 Å². The number of carbonyl (C=O) groups is 8. The number of hydrogen-bond donors (Lipinski definition) is 8. The molecule has 136 heavy (non-hydrogen) atoms. The summed E-state index contributed by atoms with van der Waals surface area (Å²) in [4.78, 5) is 88.7. The van der Waals surface area contributed by atoms with Crippen LogP contribution in [-0.2, 0) is 154 Å². The quantitative estimate of drug-likeness (QED) is 0.00721. The number of aliphatic hydroxyl groups excluding tert-OH is 8. The Morgan fingerprint density at radius 1 is 0.294 bits per heavy atom. The molecule has 11 unspecified atom stereocenters. The fraction of sp³-hybridized carbons (Fsp3) is 0.565. The van der Waals surface area contributed by atoms with Gasteiger partial charge in [0.15, 0.2) is 46.3 Å². The summed E-state index contributed by atoms with van der Waals surface area (Å²) in [7, 11) is 11.8. The van der Waals surface area contributed by atoms with Crippen molar-refractivity contribution in [3.05, 3.63) is 245 Å². The molecule has 28 heteroatoms. The third kappa shape index (κ3) is 104. The third-order valence-electron chi connectivity index (χ3n) is 18.2. The summed E-state index contributed by atoms with van der Waals surface area (Å²) in [6, 6.07) is 0. The van der Waals surface area contributed by atoms with Crippen molar-refractivity contribution in [3.8, 4) is 0 Å². The monoisotopic (exact) mass is 2280 g/mol. The number of ether oxygens (including phenoxy) is 8. The number of aliphatic hydroxyl groups is 8. The molecule has 8 N–H and O–H groups in total. The summed E-state index contributed by atoms with van der Waals surface area (Å²) in [5.74, 6) is 0.676. The third-order valence-corrected chi connectivity index (χ3v) is 18.2. The summed E-state index contributed by atoms with van der Waals surface area (Å²) in [6.45, 7) is 52.8. The molecule has 0 heterocycles. The van der Waals surface area contributed by atoms with Gasteiger partial charge in [0.05, 0.1) is 0 Å². The topological polar surface area (TPSA) is 372 Å². The van der Waals surface area contributed by atoms with Crippen molar-refractivity contribution in [1.29, 1.82) is 0 Å². The van der Waals surface area contributed by atoms with Gasteiger partial charge >= 0.3 is 77.9 Å². The van der Waals surface area contributed by atoms with Gasteiger partial charge in [0.2, 0.25) is 0 Å². The van der Waals surface area contributed by atoms with Crippen LogP contribution in [0.3, 0.4) is 0 Å². The smallest absolute Gasteiger partial charge is 0.509 e. The normalized spacial score (nSPS) is 16.1. The van der Waals surface area contributed by atoms with Crippen LogP contribution < -0.4 is 0 Å². The van der Waals surface area contributed by atoms with Crippen molar-refractivity contribution < 1.29 is 195 Å². The van der Waals surface area contributed by atoms with Crippen LogP contribution >= 0.6 is 0 Å². The standard InChI is InChI=1S/8C9H16O3.2C8H12.C7H7.C6H10.7CH3.4Ru/c8*1-6(2)8(10)5-9(11)7(3)12-4;1-2-8-6-4-3-5-7-8;1-2-4-6-8-7-5-3-1;1-2-7-4-3-6(1)5-7;1-3-5-6-4-2;;;;;;;;;;;/h8*5-7,11H,1-4H3;2-4,8H,1,5-7H2;1-2,7-8H,3-6H2;1-3,6-7H,5H2;3-4H,1-2,5-6H2;7*1H3;;;;/q;;;;;;;;;;-1;;7*-1;4*+2/b;;;;;;;;;2-1-,8-7?;;;;;;;;;;;;;. The number of unbranched alkanes of at least 4 members (excludes halogenated alkanes) is 1. The molecule has 4 rings (SSSR count). The minimum Gasteiger partial charge on any atom is -0.509 e. The molecule has 0 aliphatic heterocycles. The van der Waals surface area contributed by atoms with Crippen molar-refractivity contribution >= 4 is 46.3 Å². The van der Waals surface area contributed by atoms with Crippen LogP contribution in [0.15, 0.2) is 187 Å². The maximum atomic E-state index is 11.1. The molecular formula is C108H190O24Ru4. The fourth-order valence-electron chi connectivity index (χ4n) is 7.75. The summed E-state index contributed by atoms with van der Waals surface area (Å²) in [5.41, 5.74) is 0. The molecule has 0 aromatic heterocycles. The van der Waals surface area contributed by atoms with E-state index >= 15 is 0 Å². The molecular weight excluding hydrogens is 2090 g/mol. The van der Waals surface area contributed by atoms with Gasteiger partial charge in [-0.3, -0.25) is 44.4 Å². The molecule has 11 atom stereocenters. The van der Waals surface area contributed by atoms with Crippen molar-refractivity contribution in [2.24, 2.45) is 65.1 Å². The number of methoxy groups -OCH3 is 8. The Balaban J connectivity index is -0.0000000644. The summed E-state index contributed by atoms with van der Waals surface area (Å²) >= 11 is 0. The van der Waals surface area contributed by atoms with Crippen LogP contribution in [-0.4, -0.2) is 193 Å². The zero-order chi connectivity index (χ0) is 98.8. The SMILES string of the molecule is C1=CCC/C=C\CC1.C=CC1CC=CCC1.C=CCCC=C.COC(C)C(O)=CC(=O)C(C)C.COC(C)C(O)=CC(=O)C(C)C.COC(C)C(O)=CC(=O)C(C)C.COC(C)C(O)=CC(=O)C(C)C.COC(C)C(O)=CC(=O)C(C)C.COC(C)C(O)=CC(=O)C(C)C.COC(C)C(O)=CC(=O)C(C)C.COC(C)C(O)=CC(=O)C(C)C.[C-]1=CC2C=CC1C2.[CH3-].[CH3-].[CH3-].[CH3-].[CH3-].[CH3-].[CH3-].[Ru+2].[Ru+2].[Ru+2].[Ru+2]. The number of rotatable bonds is 36. The molecule has 0 radical (unpaired) electrons. The number of fused-ring (bicyclic) bond motifs is 2. The Kier molecular flexibility index (Phi) is 143. The Morgan fingerprint density at radius 2 is 0.463 bits per heavy atom.